The van der Waals surface area contributed by atoms with Crippen molar-refractivity contribution in [1.29, 1.82) is 0 Å². The fraction of sp³-hybridized carbons (Fsp3) is 0.429. The van der Waals surface area contributed by atoms with E-state index in [1.165, 1.54) is 5.56 Å². The van der Waals surface area contributed by atoms with Crippen LogP contribution >= 0.6 is 15.9 Å². The van der Waals surface area contributed by atoms with Gasteiger partial charge in [-0.2, -0.15) is 0 Å². The number of piperazine rings is 1. The lowest BCUT2D eigenvalue weighted by Crippen LogP contribution is -2.46. The van der Waals surface area contributed by atoms with Crippen molar-refractivity contribution in [3.05, 3.63) is 40.3 Å². The molecule has 0 atom stereocenters. The summed E-state index contributed by atoms with van der Waals surface area (Å²) in [4.78, 5) is 9.22. The van der Waals surface area contributed by atoms with Crippen molar-refractivity contribution in [2.45, 2.75) is 13.5 Å². The Morgan fingerprint density at radius 3 is 2.75 bits per heavy atom. The van der Waals surface area contributed by atoms with Gasteiger partial charge in [-0.3, -0.25) is 4.90 Å². The van der Waals surface area contributed by atoms with Crippen LogP contribution in [0.1, 0.15) is 11.3 Å². The Hall–Kier alpha value is -1.40. The summed E-state index contributed by atoms with van der Waals surface area (Å²) in [6.45, 7) is 6.97. The largest absolute Gasteiger partial charge is 0.364 e. The summed E-state index contributed by atoms with van der Waals surface area (Å²) in [5.41, 5.74) is 2.22. The van der Waals surface area contributed by atoms with E-state index in [2.05, 4.69) is 48.9 Å². The number of hydrogen-bond acceptors (Lipinski definition) is 5. The molecule has 3 rings (SSSR count). The van der Waals surface area contributed by atoms with Crippen LogP contribution in [-0.4, -0.2) is 41.2 Å². The average molecular weight is 337 g/mol. The van der Waals surface area contributed by atoms with Crippen LogP contribution in [-0.2, 0) is 6.54 Å². The van der Waals surface area contributed by atoms with E-state index in [4.69, 9.17) is 4.52 Å². The summed E-state index contributed by atoms with van der Waals surface area (Å²) >= 11 is 3.49. The fourth-order valence-corrected chi connectivity index (χ4v) is 2.60. The Balaban J connectivity index is 1.59. The number of halogens is 1. The third-order valence-corrected chi connectivity index (χ3v) is 4.44. The predicted octanol–water partition coefficient (Wildman–Crippen LogP) is 2.46. The molecule has 0 radical (unpaired) electrons. The van der Waals surface area contributed by atoms with E-state index in [1.807, 2.05) is 12.3 Å². The van der Waals surface area contributed by atoms with Crippen LogP contribution < -0.4 is 4.90 Å². The molecule has 0 amide bonds. The molecular formula is C14H17BrN4O. The number of pyridine rings is 1. The number of aryl methyl sites for hydroxylation is 1. The molecule has 1 fully saturated rings. The van der Waals surface area contributed by atoms with Gasteiger partial charge in [0, 0.05) is 49.5 Å². The van der Waals surface area contributed by atoms with Crippen LogP contribution in [0.3, 0.4) is 0 Å². The number of aromatic nitrogens is 2. The third-order valence-electron chi connectivity index (χ3n) is 3.61. The Kier molecular flexibility index (Phi) is 4.03. The Morgan fingerprint density at radius 1 is 1.30 bits per heavy atom. The molecule has 0 aliphatic carbocycles. The Labute approximate surface area is 126 Å². The van der Waals surface area contributed by atoms with Gasteiger partial charge >= 0.3 is 0 Å². The summed E-state index contributed by atoms with van der Waals surface area (Å²) in [5.74, 6) is 1.06. The standard InChI is InChI=1S/C14H17BrN4O/c1-11-8-14(16-9-13(11)15)19-5-3-18(4-6-19)10-12-2-7-20-17-12/h2,7-9H,3-6,10H2,1H3. The first-order valence-electron chi connectivity index (χ1n) is 6.71. The minimum Gasteiger partial charge on any atom is -0.364 e. The maximum absolute atomic E-state index is 4.87. The lowest BCUT2D eigenvalue weighted by atomic mass is 10.2. The van der Waals surface area contributed by atoms with Gasteiger partial charge in [0.1, 0.15) is 12.1 Å². The second-order valence-electron chi connectivity index (χ2n) is 5.05. The molecule has 2 aromatic rings. The first kappa shape index (κ1) is 13.6. The second-order valence-corrected chi connectivity index (χ2v) is 5.90. The molecule has 3 heterocycles. The quantitative estimate of drug-likeness (QED) is 0.861. The molecule has 6 heteroatoms. The highest BCUT2D eigenvalue weighted by atomic mass is 79.9. The van der Waals surface area contributed by atoms with Gasteiger partial charge in [-0.25, -0.2) is 4.98 Å². The van der Waals surface area contributed by atoms with E-state index < -0.39 is 0 Å². The molecule has 0 bridgehead atoms. The van der Waals surface area contributed by atoms with Crippen LogP contribution in [0.4, 0.5) is 5.82 Å². The van der Waals surface area contributed by atoms with E-state index in [0.717, 1.165) is 48.7 Å². The first-order valence-corrected chi connectivity index (χ1v) is 7.50. The molecule has 0 unspecified atom stereocenters. The van der Waals surface area contributed by atoms with E-state index in [0.29, 0.717) is 0 Å². The first-order chi connectivity index (χ1) is 9.72. The average Bonchev–Trinajstić information content (AvgIpc) is 2.96. The molecule has 0 saturated carbocycles. The van der Waals surface area contributed by atoms with Gasteiger partial charge in [-0.1, -0.05) is 5.16 Å². The van der Waals surface area contributed by atoms with E-state index >= 15 is 0 Å². The third kappa shape index (κ3) is 3.02. The van der Waals surface area contributed by atoms with Crippen molar-refractivity contribution < 1.29 is 4.52 Å². The smallest absolute Gasteiger partial charge is 0.128 e. The van der Waals surface area contributed by atoms with Crippen molar-refractivity contribution in [2.75, 3.05) is 31.1 Å². The highest BCUT2D eigenvalue weighted by Gasteiger charge is 2.19. The van der Waals surface area contributed by atoms with E-state index in [9.17, 15) is 0 Å². The van der Waals surface area contributed by atoms with Gasteiger partial charge in [0.15, 0.2) is 0 Å². The normalized spacial score (nSPS) is 16.6. The van der Waals surface area contributed by atoms with Gasteiger partial charge in [-0.05, 0) is 34.5 Å². The van der Waals surface area contributed by atoms with Crippen LogP contribution in [0, 0.1) is 6.92 Å². The van der Waals surface area contributed by atoms with Crippen LogP contribution in [0.15, 0.2) is 33.6 Å². The molecule has 1 aliphatic heterocycles. The monoisotopic (exact) mass is 336 g/mol. The molecule has 0 N–H and O–H groups in total. The van der Waals surface area contributed by atoms with Gasteiger partial charge in [0.05, 0.1) is 5.69 Å². The number of nitrogens with zero attached hydrogens (tertiary/aromatic N) is 4. The molecule has 2 aromatic heterocycles. The molecule has 1 saturated heterocycles. The van der Waals surface area contributed by atoms with Crippen molar-refractivity contribution in [1.82, 2.24) is 15.0 Å². The summed E-state index contributed by atoms with van der Waals surface area (Å²) in [5, 5.41) is 3.96. The number of hydrogen-bond donors (Lipinski definition) is 0. The van der Waals surface area contributed by atoms with Crippen LogP contribution in [0.25, 0.3) is 0 Å². The van der Waals surface area contributed by atoms with Crippen LogP contribution in [0.2, 0.25) is 0 Å². The summed E-state index contributed by atoms with van der Waals surface area (Å²) < 4.78 is 5.93. The predicted molar refractivity (Wildman–Crippen MR) is 80.7 cm³/mol. The lowest BCUT2D eigenvalue weighted by molar-refractivity contribution is 0.241. The minimum atomic E-state index is 0.858. The van der Waals surface area contributed by atoms with Gasteiger partial charge in [0.2, 0.25) is 0 Å². The number of rotatable bonds is 3. The van der Waals surface area contributed by atoms with Gasteiger partial charge in [-0.15, -0.1) is 0 Å². The van der Waals surface area contributed by atoms with E-state index in [-0.39, 0.29) is 0 Å². The zero-order valence-corrected chi connectivity index (χ0v) is 13.0. The SMILES string of the molecule is Cc1cc(N2CCN(Cc3ccon3)CC2)ncc1Br. The fourth-order valence-electron chi connectivity index (χ4n) is 2.38. The zero-order valence-electron chi connectivity index (χ0n) is 11.4. The van der Waals surface area contributed by atoms with Gasteiger partial charge < -0.3 is 9.42 Å². The minimum absolute atomic E-state index is 0.858. The second kappa shape index (κ2) is 5.93. The van der Waals surface area contributed by atoms with Gasteiger partial charge in [0.25, 0.3) is 0 Å². The zero-order chi connectivity index (χ0) is 13.9. The van der Waals surface area contributed by atoms with Crippen molar-refractivity contribution in [3.63, 3.8) is 0 Å². The topological polar surface area (TPSA) is 45.4 Å². The van der Waals surface area contributed by atoms with Crippen LogP contribution in [0.5, 0.6) is 0 Å². The number of anilines is 1. The molecule has 1 aliphatic rings. The highest BCUT2D eigenvalue weighted by Crippen LogP contribution is 2.21. The van der Waals surface area contributed by atoms with E-state index in [1.54, 1.807) is 6.26 Å². The molecule has 5 nitrogen and oxygen atoms in total. The maximum atomic E-state index is 4.87. The summed E-state index contributed by atoms with van der Waals surface area (Å²) in [6, 6.07) is 4.06. The van der Waals surface area contributed by atoms with Crippen molar-refractivity contribution >= 4 is 21.7 Å². The molecule has 0 spiro atoms. The highest BCUT2D eigenvalue weighted by molar-refractivity contribution is 9.10. The molecule has 20 heavy (non-hydrogen) atoms. The summed E-state index contributed by atoms with van der Waals surface area (Å²) in [7, 11) is 0. The molecule has 0 aromatic carbocycles. The molecule has 106 valence electrons. The lowest BCUT2D eigenvalue weighted by Gasteiger charge is -2.35. The summed E-state index contributed by atoms with van der Waals surface area (Å²) in [6.07, 6.45) is 3.51. The Morgan fingerprint density at radius 2 is 2.10 bits per heavy atom. The van der Waals surface area contributed by atoms with Crippen molar-refractivity contribution in [2.24, 2.45) is 0 Å². The maximum Gasteiger partial charge on any atom is 0.128 e. The van der Waals surface area contributed by atoms with Crippen molar-refractivity contribution in [3.8, 4) is 0 Å². The molecular weight excluding hydrogens is 320 g/mol. The Bertz CT molecular complexity index is 565.